The monoisotopic (exact) mass is 341 g/mol. The van der Waals surface area contributed by atoms with Crippen molar-refractivity contribution in [2.75, 3.05) is 10.6 Å². The molecule has 26 heavy (non-hydrogen) atoms. The van der Waals surface area contributed by atoms with Gasteiger partial charge in [0.25, 0.3) is 5.91 Å². The molecular weight excluding hydrogens is 322 g/mol. The van der Waals surface area contributed by atoms with E-state index >= 15 is 0 Å². The molecule has 1 aliphatic rings. The third-order valence-corrected chi connectivity index (χ3v) is 4.44. The molecule has 1 amide bonds. The molecule has 0 unspecified atom stereocenters. The minimum Gasteiger partial charge on any atom is -0.354 e. The Morgan fingerprint density at radius 2 is 1.58 bits per heavy atom. The number of nitrogens with one attached hydrogen (secondary N) is 2. The number of hydrogen-bond donors (Lipinski definition) is 3. The van der Waals surface area contributed by atoms with Crippen LogP contribution < -0.4 is 16.4 Å². The Hall–Kier alpha value is -3.37. The first-order valence-electron chi connectivity index (χ1n) is 8.53. The predicted molar refractivity (Wildman–Crippen MR) is 106 cm³/mol. The summed E-state index contributed by atoms with van der Waals surface area (Å²) in [5.74, 6) is -0.101. The van der Waals surface area contributed by atoms with E-state index in [1.54, 1.807) is 0 Å². The van der Waals surface area contributed by atoms with Crippen LogP contribution in [0.4, 0.5) is 11.4 Å². The summed E-state index contributed by atoms with van der Waals surface area (Å²) in [6.07, 6.45) is 0. The van der Waals surface area contributed by atoms with Crippen molar-refractivity contribution < 1.29 is 4.79 Å². The number of amides is 1. The fourth-order valence-corrected chi connectivity index (χ4v) is 3.12. The van der Waals surface area contributed by atoms with Crippen molar-refractivity contribution in [2.45, 2.75) is 6.54 Å². The van der Waals surface area contributed by atoms with Crippen molar-refractivity contribution in [3.8, 4) is 0 Å². The fraction of sp³-hybridized carbons (Fsp3) is 0.0455. The number of carbonyl (C=O) groups excluding carboxylic acids is 1. The molecule has 4 nitrogen and oxygen atoms in total. The van der Waals surface area contributed by atoms with E-state index in [-0.39, 0.29) is 5.91 Å². The molecule has 4 N–H and O–H groups in total. The van der Waals surface area contributed by atoms with Gasteiger partial charge in [-0.1, -0.05) is 60.7 Å². The first kappa shape index (κ1) is 16.1. The smallest absolute Gasteiger partial charge is 0.258 e. The molecule has 3 aromatic carbocycles. The number of para-hydroxylation sites is 1. The van der Waals surface area contributed by atoms with Crippen molar-refractivity contribution >= 4 is 28.6 Å². The van der Waals surface area contributed by atoms with E-state index < -0.39 is 0 Å². The Labute approximate surface area is 152 Å². The summed E-state index contributed by atoms with van der Waals surface area (Å²) < 4.78 is 0. The van der Waals surface area contributed by atoms with Crippen LogP contribution in [-0.4, -0.2) is 5.91 Å². The lowest BCUT2D eigenvalue weighted by molar-refractivity contribution is -0.110. The highest BCUT2D eigenvalue weighted by Gasteiger charge is 2.27. The average Bonchev–Trinajstić information content (AvgIpc) is 3.03. The summed E-state index contributed by atoms with van der Waals surface area (Å²) >= 11 is 0. The standard InChI is InChI=1S/C22H19N3O/c23-14-15-10-12-17(13-11-15)24-21(16-6-2-1-3-7-16)20-18-8-4-5-9-19(18)25-22(20)26/h1-13,24H,14,23H2,(H,25,26)/b21-20-. The van der Waals surface area contributed by atoms with Gasteiger partial charge in [-0.05, 0) is 29.3 Å². The molecule has 0 bridgehead atoms. The minimum absolute atomic E-state index is 0.101. The molecule has 4 rings (SSSR count). The summed E-state index contributed by atoms with van der Waals surface area (Å²) in [5.41, 5.74) is 11.8. The van der Waals surface area contributed by atoms with Crippen LogP contribution in [0.15, 0.2) is 78.9 Å². The molecule has 0 saturated carbocycles. The van der Waals surface area contributed by atoms with E-state index in [1.807, 2.05) is 78.9 Å². The molecule has 0 aromatic heterocycles. The van der Waals surface area contributed by atoms with Crippen LogP contribution in [-0.2, 0) is 11.3 Å². The van der Waals surface area contributed by atoms with Gasteiger partial charge in [0.15, 0.2) is 0 Å². The molecule has 0 radical (unpaired) electrons. The van der Waals surface area contributed by atoms with Crippen molar-refractivity contribution in [1.29, 1.82) is 0 Å². The van der Waals surface area contributed by atoms with Crippen molar-refractivity contribution in [3.63, 3.8) is 0 Å². The SMILES string of the molecule is NCc1ccc(N/C(=C2\C(=O)Nc3ccccc32)c2ccccc2)cc1. The number of fused-ring (bicyclic) bond motifs is 1. The number of hydrogen-bond acceptors (Lipinski definition) is 3. The zero-order valence-electron chi connectivity index (χ0n) is 14.2. The lowest BCUT2D eigenvalue weighted by Crippen LogP contribution is -2.10. The average molecular weight is 341 g/mol. The second-order valence-corrected chi connectivity index (χ2v) is 6.14. The van der Waals surface area contributed by atoms with Gasteiger partial charge in [0.05, 0.1) is 11.3 Å². The van der Waals surface area contributed by atoms with Crippen LogP contribution in [0.2, 0.25) is 0 Å². The van der Waals surface area contributed by atoms with Gasteiger partial charge in [-0.15, -0.1) is 0 Å². The van der Waals surface area contributed by atoms with E-state index in [0.717, 1.165) is 33.8 Å². The van der Waals surface area contributed by atoms with Gasteiger partial charge in [-0.2, -0.15) is 0 Å². The van der Waals surface area contributed by atoms with Crippen molar-refractivity contribution in [1.82, 2.24) is 0 Å². The molecule has 3 aromatic rings. The molecule has 1 aliphatic heterocycles. The van der Waals surface area contributed by atoms with Crippen LogP contribution in [0.3, 0.4) is 0 Å². The van der Waals surface area contributed by atoms with Crippen LogP contribution in [0.25, 0.3) is 11.3 Å². The van der Waals surface area contributed by atoms with E-state index in [9.17, 15) is 4.79 Å². The largest absolute Gasteiger partial charge is 0.354 e. The number of benzene rings is 3. The number of anilines is 2. The van der Waals surface area contributed by atoms with Gasteiger partial charge in [0, 0.05) is 23.5 Å². The topological polar surface area (TPSA) is 67.1 Å². The first-order chi connectivity index (χ1) is 12.8. The lowest BCUT2D eigenvalue weighted by atomic mass is 10.00. The quantitative estimate of drug-likeness (QED) is 0.627. The molecule has 0 spiro atoms. The third-order valence-electron chi connectivity index (χ3n) is 4.44. The van der Waals surface area contributed by atoms with Crippen LogP contribution >= 0.6 is 0 Å². The maximum atomic E-state index is 12.7. The van der Waals surface area contributed by atoms with Gasteiger partial charge < -0.3 is 16.4 Å². The second-order valence-electron chi connectivity index (χ2n) is 6.14. The highest BCUT2D eigenvalue weighted by molar-refractivity contribution is 6.37. The predicted octanol–water partition coefficient (Wildman–Crippen LogP) is 4.08. The summed E-state index contributed by atoms with van der Waals surface area (Å²) in [6.45, 7) is 0.503. The highest BCUT2D eigenvalue weighted by Crippen LogP contribution is 2.37. The second kappa shape index (κ2) is 6.86. The minimum atomic E-state index is -0.101. The maximum absolute atomic E-state index is 12.7. The molecule has 128 valence electrons. The van der Waals surface area contributed by atoms with Crippen LogP contribution in [0.5, 0.6) is 0 Å². The normalized spacial score (nSPS) is 14.6. The van der Waals surface area contributed by atoms with Crippen LogP contribution in [0.1, 0.15) is 16.7 Å². The van der Waals surface area contributed by atoms with Gasteiger partial charge in [-0.3, -0.25) is 4.79 Å². The Kier molecular flexibility index (Phi) is 4.25. The molecule has 0 atom stereocenters. The van der Waals surface area contributed by atoms with Gasteiger partial charge in [0.2, 0.25) is 0 Å². The van der Waals surface area contributed by atoms with Crippen molar-refractivity contribution in [3.05, 3.63) is 95.6 Å². The highest BCUT2D eigenvalue weighted by atomic mass is 16.2. The number of rotatable bonds is 4. The Morgan fingerprint density at radius 3 is 2.31 bits per heavy atom. The zero-order chi connectivity index (χ0) is 17.9. The van der Waals surface area contributed by atoms with E-state index in [1.165, 1.54) is 0 Å². The molecular formula is C22H19N3O. The summed E-state index contributed by atoms with van der Waals surface area (Å²) in [5, 5.41) is 6.39. The van der Waals surface area contributed by atoms with E-state index in [2.05, 4.69) is 10.6 Å². The Bertz CT molecular complexity index is 976. The molecule has 0 fully saturated rings. The van der Waals surface area contributed by atoms with Crippen molar-refractivity contribution in [2.24, 2.45) is 5.73 Å². The fourth-order valence-electron chi connectivity index (χ4n) is 3.12. The number of nitrogens with two attached hydrogens (primary N) is 1. The molecule has 4 heteroatoms. The third kappa shape index (κ3) is 2.98. The molecule has 1 heterocycles. The van der Waals surface area contributed by atoms with E-state index in [4.69, 9.17) is 5.73 Å². The van der Waals surface area contributed by atoms with Gasteiger partial charge >= 0.3 is 0 Å². The zero-order valence-corrected chi connectivity index (χ0v) is 14.2. The number of carbonyl (C=O) groups is 1. The maximum Gasteiger partial charge on any atom is 0.258 e. The van der Waals surface area contributed by atoms with Crippen LogP contribution in [0, 0.1) is 0 Å². The lowest BCUT2D eigenvalue weighted by Gasteiger charge is -2.15. The van der Waals surface area contributed by atoms with Gasteiger partial charge in [0.1, 0.15) is 0 Å². The molecule has 0 aliphatic carbocycles. The summed E-state index contributed by atoms with van der Waals surface area (Å²) in [7, 11) is 0. The first-order valence-corrected chi connectivity index (χ1v) is 8.53. The van der Waals surface area contributed by atoms with E-state index in [0.29, 0.717) is 12.1 Å². The Balaban J connectivity index is 1.85. The summed E-state index contributed by atoms with van der Waals surface area (Å²) in [4.78, 5) is 12.7. The summed E-state index contributed by atoms with van der Waals surface area (Å²) in [6, 6.07) is 25.6. The van der Waals surface area contributed by atoms with Gasteiger partial charge in [-0.25, -0.2) is 0 Å². The molecule has 0 saturated heterocycles. The Morgan fingerprint density at radius 1 is 0.885 bits per heavy atom.